The van der Waals surface area contributed by atoms with E-state index in [1.54, 1.807) is 6.07 Å². The molecule has 0 bridgehead atoms. The second kappa shape index (κ2) is 7.94. The summed E-state index contributed by atoms with van der Waals surface area (Å²) in [5.41, 5.74) is 0.177. The van der Waals surface area contributed by atoms with E-state index in [1.807, 2.05) is 4.90 Å². The maximum Gasteiger partial charge on any atom is 0.271 e. The van der Waals surface area contributed by atoms with Gasteiger partial charge in [0.25, 0.3) is 10.0 Å². The van der Waals surface area contributed by atoms with Gasteiger partial charge in [0.15, 0.2) is 0 Å². The number of halogens is 2. The number of sulfonamides is 1. The van der Waals surface area contributed by atoms with Gasteiger partial charge in [0.2, 0.25) is 5.91 Å². The molecule has 0 spiro atoms. The van der Waals surface area contributed by atoms with E-state index < -0.39 is 15.8 Å². The van der Waals surface area contributed by atoms with Crippen molar-refractivity contribution < 1.29 is 17.6 Å². The van der Waals surface area contributed by atoms with Crippen LogP contribution in [0.5, 0.6) is 0 Å². The summed E-state index contributed by atoms with van der Waals surface area (Å²) >= 11 is 6.73. The lowest BCUT2D eigenvalue weighted by Crippen LogP contribution is -2.36. The molecule has 1 aromatic heterocycles. The first-order valence-corrected chi connectivity index (χ1v) is 10.9. The van der Waals surface area contributed by atoms with Crippen LogP contribution in [0.15, 0.2) is 34.5 Å². The van der Waals surface area contributed by atoms with Gasteiger partial charge in [-0.25, -0.2) is 12.8 Å². The Balaban J connectivity index is 1.69. The molecule has 9 heteroatoms. The molecular formula is C17H18ClFN2O3S2. The highest BCUT2D eigenvalue weighted by molar-refractivity contribution is 7.94. The number of piperidine rings is 1. The molecule has 1 aliphatic heterocycles. The summed E-state index contributed by atoms with van der Waals surface area (Å²) in [6.45, 7) is 1.53. The molecule has 0 unspecified atom stereocenters. The minimum atomic E-state index is -3.82. The maximum atomic E-state index is 13.2. The van der Waals surface area contributed by atoms with E-state index in [4.69, 9.17) is 11.6 Å². The Labute approximate surface area is 160 Å². The van der Waals surface area contributed by atoms with Crippen LogP contribution in [0.2, 0.25) is 5.02 Å². The molecule has 1 fully saturated rings. The van der Waals surface area contributed by atoms with Gasteiger partial charge in [-0.2, -0.15) is 0 Å². The highest BCUT2D eigenvalue weighted by atomic mass is 35.5. The van der Waals surface area contributed by atoms with Crippen LogP contribution in [0, 0.1) is 5.82 Å². The minimum Gasteiger partial charge on any atom is -0.342 e. The average Bonchev–Trinajstić information content (AvgIpc) is 3.08. The number of anilines is 1. The third kappa shape index (κ3) is 4.55. The standard InChI is InChI=1S/C17H18ClFN2O3S2/c18-14-10-12(4-6-15(14)19)20-26(23,24)17-7-5-13(25-17)11-16(22)21-8-2-1-3-9-21/h4-7,10,20H,1-3,8-9,11H2. The zero-order chi connectivity index (χ0) is 18.7. The van der Waals surface area contributed by atoms with E-state index in [9.17, 15) is 17.6 Å². The number of nitrogens with one attached hydrogen (secondary N) is 1. The highest BCUT2D eigenvalue weighted by Gasteiger charge is 2.21. The number of amides is 1. The van der Waals surface area contributed by atoms with E-state index in [0.29, 0.717) is 4.88 Å². The van der Waals surface area contributed by atoms with Crippen LogP contribution in [0.3, 0.4) is 0 Å². The fraction of sp³-hybridized carbons (Fsp3) is 0.353. The first-order valence-electron chi connectivity index (χ1n) is 8.19. The topological polar surface area (TPSA) is 66.5 Å². The molecule has 1 amide bonds. The van der Waals surface area contributed by atoms with Gasteiger partial charge in [-0.05, 0) is 49.6 Å². The van der Waals surface area contributed by atoms with Gasteiger partial charge in [-0.15, -0.1) is 11.3 Å². The number of hydrogen-bond acceptors (Lipinski definition) is 4. The summed E-state index contributed by atoms with van der Waals surface area (Å²) in [4.78, 5) is 14.8. The third-order valence-corrected chi connectivity index (χ3v) is 7.36. The highest BCUT2D eigenvalue weighted by Crippen LogP contribution is 2.27. The molecule has 5 nitrogen and oxygen atoms in total. The van der Waals surface area contributed by atoms with Crippen molar-refractivity contribution in [3.8, 4) is 0 Å². The number of carbonyl (C=O) groups is 1. The van der Waals surface area contributed by atoms with E-state index in [1.165, 1.54) is 18.2 Å². The first kappa shape index (κ1) is 19.1. The van der Waals surface area contributed by atoms with Gasteiger partial charge in [0.05, 0.1) is 17.1 Å². The summed E-state index contributed by atoms with van der Waals surface area (Å²) in [6, 6.07) is 6.73. The van der Waals surface area contributed by atoms with Crippen LogP contribution in [0.1, 0.15) is 24.1 Å². The largest absolute Gasteiger partial charge is 0.342 e. The minimum absolute atomic E-state index is 0.0220. The predicted molar refractivity (Wildman–Crippen MR) is 101 cm³/mol. The van der Waals surface area contributed by atoms with Crippen molar-refractivity contribution in [1.82, 2.24) is 4.90 Å². The van der Waals surface area contributed by atoms with Gasteiger partial charge >= 0.3 is 0 Å². The Morgan fingerprint density at radius 1 is 1.19 bits per heavy atom. The van der Waals surface area contributed by atoms with Crippen molar-refractivity contribution in [2.24, 2.45) is 0 Å². The molecule has 26 heavy (non-hydrogen) atoms. The lowest BCUT2D eigenvalue weighted by molar-refractivity contribution is -0.131. The Hall–Kier alpha value is -1.64. The van der Waals surface area contributed by atoms with Crippen LogP contribution in [-0.4, -0.2) is 32.3 Å². The van der Waals surface area contributed by atoms with Gasteiger partial charge in [-0.3, -0.25) is 9.52 Å². The van der Waals surface area contributed by atoms with Crippen molar-refractivity contribution in [2.45, 2.75) is 29.9 Å². The molecule has 0 atom stereocenters. The number of hydrogen-bond donors (Lipinski definition) is 1. The van der Waals surface area contributed by atoms with Gasteiger partial charge in [-0.1, -0.05) is 11.6 Å². The molecule has 0 radical (unpaired) electrons. The Morgan fingerprint density at radius 3 is 2.62 bits per heavy atom. The molecule has 1 aliphatic rings. The van der Waals surface area contributed by atoms with Gasteiger partial charge in [0, 0.05) is 18.0 Å². The molecule has 2 heterocycles. The number of likely N-dealkylation sites (tertiary alicyclic amines) is 1. The second-order valence-corrected chi connectivity index (χ2v) is 9.56. The van der Waals surface area contributed by atoms with Crippen molar-refractivity contribution in [2.75, 3.05) is 17.8 Å². The smallest absolute Gasteiger partial charge is 0.271 e. The van der Waals surface area contributed by atoms with Crippen LogP contribution in [-0.2, 0) is 21.2 Å². The van der Waals surface area contributed by atoms with Crippen molar-refractivity contribution in [1.29, 1.82) is 0 Å². The lowest BCUT2D eigenvalue weighted by Gasteiger charge is -2.26. The van der Waals surface area contributed by atoms with E-state index in [0.717, 1.165) is 49.8 Å². The summed E-state index contributed by atoms with van der Waals surface area (Å²) in [5.74, 6) is -0.599. The number of nitrogens with zero attached hydrogens (tertiary/aromatic N) is 1. The second-order valence-electron chi connectivity index (χ2n) is 6.07. The zero-order valence-electron chi connectivity index (χ0n) is 13.9. The van der Waals surface area contributed by atoms with Crippen molar-refractivity contribution in [3.05, 3.63) is 46.0 Å². The monoisotopic (exact) mass is 416 g/mol. The van der Waals surface area contributed by atoms with Gasteiger partial charge < -0.3 is 4.90 Å². The predicted octanol–water partition coefficient (Wildman–Crippen LogP) is 3.90. The number of benzene rings is 1. The molecule has 0 aliphatic carbocycles. The van der Waals surface area contributed by atoms with Crippen molar-refractivity contribution in [3.63, 3.8) is 0 Å². The van der Waals surface area contributed by atoms with E-state index in [2.05, 4.69) is 4.72 Å². The number of carbonyl (C=O) groups excluding carboxylic acids is 1. The maximum absolute atomic E-state index is 13.2. The molecule has 1 saturated heterocycles. The zero-order valence-corrected chi connectivity index (χ0v) is 16.3. The molecule has 3 rings (SSSR count). The van der Waals surface area contributed by atoms with Gasteiger partial charge in [0.1, 0.15) is 10.0 Å². The average molecular weight is 417 g/mol. The van der Waals surface area contributed by atoms with E-state index in [-0.39, 0.29) is 27.2 Å². The Kier molecular flexibility index (Phi) is 5.84. The quantitative estimate of drug-likeness (QED) is 0.803. The normalized spacial score (nSPS) is 15.1. The van der Waals surface area contributed by atoms with E-state index >= 15 is 0 Å². The molecule has 2 aromatic rings. The molecule has 0 saturated carbocycles. The summed E-state index contributed by atoms with van der Waals surface area (Å²) in [6.07, 6.45) is 3.37. The first-order chi connectivity index (χ1) is 12.3. The Bertz CT molecular complexity index is 908. The SMILES string of the molecule is O=C(Cc1ccc(S(=O)(=O)Nc2ccc(F)c(Cl)c2)s1)N1CCCCC1. The van der Waals surface area contributed by atoms with Crippen LogP contribution in [0.25, 0.3) is 0 Å². The molecule has 140 valence electrons. The van der Waals surface area contributed by atoms with Crippen LogP contribution in [0.4, 0.5) is 10.1 Å². The fourth-order valence-corrected chi connectivity index (χ4v) is 5.34. The number of thiophene rings is 1. The van der Waals surface area contributed by atoms with Crippen LogP contribution >= 0.6 is 22.9 Å². The number of rotatable bonds is 5. The molecule has 1 N–H and O–H groups in total. The van der Waals surface area contributed by atoms with Crippen molar-refractivity contribution >= 4 is 44.6 Å². The third-order valence-electron chi connectivity index (χ3n) is 4.11. The molecular weight excluding hydrogens is 399 g/mol. The summed E-state index contributed by atoms with van der Waals surface area (Å²) in [7, 11) is -3.82. The summed E-state index contributed by atoms with van der Waals surface area (Å²) < 4.78 is 40.6. The summed E-state index contributed by atoms with van der Waals surface area (Å²) in [5, 5.41) is -0.163. The van der Waals surface area contributed by atoms with Crippen LogP contribution < -0.4 is 4.72 Å². The fourth-order valence-electron chi connectivity index (χ4n) is 2.77. The molecule has 1 aromatic carbocycles. The lowest BCUT2D eigenvalue weighted by atomic mass is 10.1. The Morgan fingerprint density at radius 2 is 1.92 bits per heavy atom.